The Balaban J connectivity index is 3.83. The number of likely N-dealkylation sites (N-methyl/N-ethyl adjacent to an activating group) is 1. The Morgan fingerprint density at radius 1 is 1.50 bits per heavy atom. The summed E-state index contributed by atoms with van der Waals surface area (Å²) in [6.07, 6.45) is 0. The van der Waals surface area contributed by atoms with Crippen LogP contribution in [0.3, 0.4) is 0 Å². The van der Waals surface area contributed by atoms with Crippen LogP contribution in [0.4, 0.5) is 0 Å². The number of carbonyl (C=O) groups excluding carboxylic acids is 1. The van der Waals surface area contributed by atoms with Crippen LogP contribution in [-0.4, -0.2) is 37.0 Å². The lowest BCUT2D eigenvalue weighted by molar-refractivity contribution is -0.129. The van der Waals surface area contributed by atoms with Gasteiger partial charge in [0, 0.05) is 19.6 Å². The van der Waals surface area contributed by atoms with Gasteiger partial charge in [-0.1, -0.05) is 13.8 Å². The van der Waals surface area contributed by atoms with Gasteiger partial charge in [-0.25, -0.2) is 0 Å². The molecule has 4 nitrogen and oxygen atoms in total. The Kier molecular flexibility index (Phi) is 5.89. The van der Waals surface area contributed by atoms with Gasteiger partial charge in [0.05, 0.1) is 18.5 Å². The van der Waals surface area contributed by atoms with E-state index < -0.39 is 0 Å². The van der Waals surface area contributed by atoms with Gasteiger partial charge < -0.3 is 10.2 Å². The number of amides is 1. The Morgan fingerprint density at radius 2 is 2.07 bits per heavy atom. The molecule has 1 atom stereocenters. The fraction of sp³-hybridized carbons (Fsp3) is 0.800. The van der Waals surface area contributed by atoms with Gasteiger partial charge in [-0.3, -0.25) is 4.79 Å². The second kappa shape index (κ2) is 6.39. The van der Waals surface area contributed by atoms with E-state index >= 15 is 0 Å². The van der Waals surface area contributed by atoms with Crippen LogP contribution in [0, 0.1) is 17.2 Å². The molecule has 1 N–H and O–H groups in total. The van der Waals surface area contributed by atoms with Gasteiger partial charge >= 0.3 is 0 Å². The van der Waals surface area contributed by atoms with E-state index in [0.29, 0.717) is 19.1 Å². The minimum Gasteiger partial charge on any atom is -0.343 e. The molecule has 0 aromatic carbocycles. The van der Waals surface area contributed by atoms with Gasteiger partial charge in [-0.05, 0) is 6.92 Å². The zero-order chi connectivity index (χ0) is 11.1. The highest BCUT2D eigenvalue weighted by molar-refractivity contribution is 5.78. The second-order valence-electron chi connectivity index (χ2n) is 3.84. The van der Waals surface area contributed by atoms with E-state index in [-0.39, 0.29) is 11.8 Å². The van der Waals surface area contributed by atoms with Crippen LogP contribution in [0.5, 0.6) is 0 Å². The molecular weight excluding hydrogens is 178 g/mol. The molecule has 14 heavy (non-hydrogen) atoms. The fourth-order valence-corrected chi connectivity index (χ4v) is 0.980. The summed E-state index contributed by atoms with van der Waals surface area (Å²) in [6.45, 7) is 6.62. The third-order valence-corrected chi connectivity index (χ3v) is 1.86. The molecule has 4 heteroatoms. The van der Waals surface area contributed by atoms with E-state index in [1.54, 1.807) is 18.9 Å². The number of nitrogens with zero attached hydrogens (tertiary/aromatic N) is 2. The molecule has 0 heterocycles. The summed E-state index contributed by atoms with van der Waals surface area (Å²) < 4.78 is 0. The smallest absolute Gasteiger partial charge is 0.236 e. The molecule has 0 saturated carbocycles. The lowest BCUT2D eigenvalue weighted by Gasteiger charge is -2.19. The number of nitriles is 1. The summed E-state index contributed by atoms with van der Waals surface area (Å²) in [5, 5.41) is 11.6. The molecular formula is C10H19N3O. The Labute approximate surface area is 85.9 Å². The Hall–Kier alpha value is -1.08. The van der Waals surface area contributed by atoms with Gasteiger partial charge in [-0.2, -0.15) is 5.26 Å². The van der Waals surface area contributed by atoms with Crippen LogP contribution >= 0.6 is 0 Å². The molecule has 0 spiro atoms. The van der Waals surface area contributed by atoms with Gasteiger partial charge in [0.1, 0.15) is 0 Å². The Bertz CT molecular complexity index is 220. The summed E-state index contributed by atoms with van der Waals surface area (Å²) in [7, 11) is 1.72. The highest BCUT2D eigenvalue weighted by Gasteiger charge is 2.11. The summed E-state index contributed by atoms with van der Waals surface area (Å²) in [4.78, 5) is 13.0. The average Bonchev–Trinajstić information content (AvgIpc) is 2.13. The first-order valence-corrected chi connectivity index (χ1v) is 4.84. The molecule has 1 unspecified atom stereocenters. The molecule has 0 aliphatic heterocycles. The maximum Gasteiger partial charge on any atom is 0.236 e. The standard InChI is InChI=1S/C10H19N3O/c1-8(2)12-6-10(14)13(4)7-9(3)5-11/h8-9,12H,6-7H2,1-4H3. The van der Waals surface area contributed by atoms with Crippen molar-refractivity contribution in [3.8, 4) is 6.07 Å². The van der Waals surface area contributed by atoms with Crippen LogP contribution in [-0.2, 0) is 4.79 Å². The van der Waals surface area contributed by atoms with E-state index in [1.807, 2.05) is 13.8 Å². The van der Waals surface area contributed by atoms with Gasteiger partial charge in [0.2, 0.25) is 5.91 Å². The van der Waals surface area contributed by atoms with Gasteiger partial charge in [0.15, 0.2) is 0 Å². The summed E-state index contributed by atoms with van der Waals surface area (Å²) in [5.41, 5.74) is 0. The van der Waals surface area contributed by atoms with Crippen molar-refractivity contribution in [3.05, 3.63) is 0 Å². The van der Waals surface area contributed by atoms with Crippen LogP contribution in [0.25, 0.3) is 0 Å². The lowest BCUT2D eigenvalue weighted by Crippen LogP contribution is -2.39. The van der Waals surface area contributed by atoms with Crippen LogP contribution in [0.15, 0.2) is 0 Å². The van der Waals surface area contributed by atoms with Gasteiger partial charge in [-0.15, -0.1) is 0 Å². The monoisotopic (exact) mass is 197 g/mol. The molecule has 0 saturated heterocycles. The maximum absolute atomic E-state index is 11.5. The number of hydrogen-bond acceptors (Lipinski definition) is 3. The first-order valence-electron chi connectivity index (χ1n) is 4.84. The van der Waals surface area contributed by atoms with Crippen molar-refractivity contribution in [1.82, 2.24) is 10.2 Å². The van der Waals surface area contributed by atoms with E-state index in [0.717, 1.165) is 0 Å². The van der Waals surface area contributed by atoms with E-state index in [1.165, 1.54) is 0 Å². The topological polar surface area (TPSA) is 56.1 Å². The second-order valence-corrected chi connectivity index (χ2v) is 3.84. The van der Waals surface area contributed by atoms with Crippen LogP contribution in [0.2, 0.25) is 0 Å². The molecule has 80 valence electrons. The fourth-order valence-electron chi connectivity index (χ4n) is 0.980. The average molecular weight is 197 g/mol. The third-order valence-electron chi connectivity index (χ3n) is 1.86. The summed E-state index contributed by atoms with van der Waals surface area (Å²) in [6, 6.07) is 2.41. The van der Waals surface area contributed by atoms with Crippen LogP contribution in [0.1, 0.15) is 20.8 Å². The van der Waals surface area contributed by atoms with Crippen molar-refractivity contribution >= 4 is 5.91 Å². The molecule has 0 fully saturated rings. The molecule has 0 aromatic heterocycles. The highest BCUT2D eigenvalue weighted by Crippen LogP contribution is 1.95. The first-order chi connectivity index (χ1) is 6.47. The summed E-state index contributed by atoms with van der Waals surface area (Å²) in [5.74, 6) is -0.0798. The van der Waals surface area contributed by atoms with E-state index in [2.05, 4.69) is 11.4 Å². The highest BCUT2D eigenvalue weighted by atomic mass is 16.2. The molecule has 0 aliphatic carbocycles. The number of nitrogens with one attached hydrogen (secondary N) is 1. The van der Waals surface area contributed by atoms with Crippen molar-refractivity contribution in [2.45, 2.75) is 26.8 Å². The van der Waals surface area contributed by atoms with Crippen molar-refractivity contribution in [2.75, 3.05) is 20.1 Å². The SMILES string of the molecule is CC(C#N)CN(C)C(=O)CNC(C)C. The van der Waals surface area contributed by atoms with E-state index in [9.17, 15) is 4.79 Å². The number of carbonyl (C=O) groups is 1. The molecule has 1 amide bonds. The molecule has 0 radical (unpaired) electrons. The first kappa shape index (κ1) is 12.9. The lowest BCUT2D eigenvalue weighted by atomic mass is 10.2. The molecule has 0 rings (SSSR count). The predicted octanol–water partition coefficient (Wildman–Crippen LogP) is 0.602. The number of rotatable bonds is 5. The maximum atomic E-state index is 11.5. The summed E-state index contributed by atoms with van der Waals surface area (Å²) >= 11 is 0. The van der Waals surface area contributed by atoms with Crippen molar-refractivity contribution in [2.24, 2.45) is 5.92 Å². The quantitative estimate of drug-likeness (QED) is 0.702. The zero-order valence-corrected chi connectivity index (χ0v) is 9.37. The normalized spacial score (nSPS) is 12.3. The van der Waals surface area contributed by atoms with Crippen LogP contribution < -0.4 is 5.32 Å². The largest absolute Gasteiger partial charge is 0.343 e. The number of hydrogen-bond donors (Lipinski definition) is 1. The van der Waals surface area contributed by atoms with E-state index in [4.69, 9.17) is 5.26 Å². The molecule has 0 bridgehead atoms. The third kappa shape index (κ3) is 5.55. The van der Waals surface area contributed by atoms with Crippen molar-refractivity contribution in [3.63, 3.8) is 0 Å². The minimum atomic E-state index is -0.108. The van der Waals surface area contributed by atoms with Crippen molar-refractivity contribution < 1.29 is 4.79 Å². The predicted molar refractivity (Wildman–Crippen MR) is 55.6 cm³/mol. The van der Waals surface area contributed by atoms with Crippen molar-refractivity contribution in [1.29, 1.82) is 5.26 Å². The molecule has 0 aromatic rings. The minimum absolute atomic E-state index is 0.0285. The zero-order valence-electron chi connectivity index (χ0n) is 9.37. The molecule has 0 aliphatic rings. The Morgan fingerprint density at radius 3 is 2.50 bits per heavy atom. The van der Waals surface area contributed by atoms with Gasteiger partial charge in [0.25, 0.3) is 0 Å².